The number of anilines is 2. The van der Waals surface area contributed by atoms with Gasteiger partial charge in [0.05, 0.1) is 17.4 Å². The van der Waals surface area contributed by atoms with Crippen molar-refractivity contribution in [2.24, 2.45) is 5.73 Å². The molecule has 0 aliphatic heterocycles. The summed E-state index contributed by atoms with van der Waals surface area (Å²) in [5.41, 5.74) is 7.53. The number of amides is 1. The highest BCUT2D eigenvalue weighted by atomic mass is 79.9. The van der Waals surface area contributed by atoms with E-state index in [-0.39, 0.29) is 5.91 Å². The molecule has 0 bridgehead atoms. The average molecular weight is 314 g/mol. The molecule has 0 saturated heterocycles. The van der Waals surface area contributed by atoms with E-state index in [4.69, 9.17) is 5.73 Å². The topological polar surface area (TPSA) is 58.4 Å². The molecule has 0 aromatic heterocycles. The Hall–Kier alpha value is -1.07. The molecule has 1 aromatic carbocycles. The molecule has 0 fully saturated rings. The van der Waals surface area contributed by atoms with Crippen LogP contribution in [0.4, 0.5) is 11.4 Å². The number of rotatable bonds is 5. The summed E-state index contributed by atoms with van der Waals surface area (Å²) in [6.07, 6.45) is 1.59. The molecule has 0 spiro atoms. The summed E-state index contributed by atoms with van der Waals surface area (Å²) in [6.45, 7) is 2.01. The molecule has 0 saturated carbocycles. The number of hydrogen-bond donors (Lipinski definition) is 2. The third-order valence-corrected chi connectivity index (χ3v) is 3.13. The Kier molecular flexibility index (Phi) is 5.62. The van der Waals surface area contributed by atoms with Crippen LogP contribution in [0.5, 0.6) is 0 Å². The summed E-state index contributed by atoms with van der Waals surface area (Å²) in [7, 11) is 3.87. The van der Waals surface area contributed by atoms with Crippen LogP contribution in [0, 0.1) is 0 Å². The number of nitrogens with zero attached hydrogens (tertiary/aromatic N) is 1. The van der Waals surface area contributed by atoms with E-state index >= 15 is 0 Å². The molecule has 0 radical (unpaired) electrons. The van der Waals surface area contributed by atoms with Gasteiger partial charge in [0, 0.05) is 18.6 Å². The number of benzene rings is 1. The maximum atomic E-state index is 11.9. The van der Waals surface area contributed by atoms with Crippen molar-refractivity contribution in [2.45, 2.75) is 25.8 Å². The lowest BCUT2D eigenvalue weighted by Crippen LogP contribution is -2.35. The summed E-state index contributed by atoms with van der Waals surface area (Å²) in [5, 5.41) is 2.88. The van der Waals surface area contributed by atoms with Crippen molar-refractivity contribution in [1.29, 1.82) is 0 Å². The molecular weight excluding hydrogens is 294 g/mol. The highest BCUT2D eigenvalue weighted by molar-refractivity contribution is 9.10. The van der Waals surface area contributed by atoms with E-state index in [1.165, 1.54) is 0 Å². The van der Waals surface area contributed by atoms with Crippen LogP contribution in [0.15, 0.2) is 22.7 Å². The fraction of sp³-hybridized carbons (Fsp3) is 0.462. The maximum absolute atomic E-state index is 11.9. The molecule has 1 amide bonds. The third-order valence-electron chi connectivity index (χ3n) is 2.63. The van der Waals surface area contributed by atoms with Gasteiger partial charge >= 0.3 is 0 Å². The molecule has 1 rings (SSSR count). The molecule has 4 nitrogen and oxygen atoms in total. The van der Waals surface area contributed by atoms with Crippen molar-refractivity contribution in [3.8, 4) is 0 Å². The van der Waals surface area contributed by atoms with Crippen LogP contribution in [-0.2, 0) is 4.79 Å². The fourth-order valence-corrected chi connectivity index (χ4v) is 2.03. The van der Waals surface area contributed by atoms with Gasteiger partial charge < -0.3 is 16.0 Å². The van der Waals surface area contributed by atoms with Gasteiger partial charge in [0.2, 0.25) is 5.91 Å². The summed E-state index contributed by atoms with van der Waals surface area (Å²) < 4.78 is 0.924. The van der Waals surface area contributed by atoms with E-state index in [1.807, 2.05) is 44.1 Å². The first-order chi connectivity index (χ1) is 8.45. The van der Waals surface area contributed by atoms with Gasteiger partial charge in [0.1, 0.15) is 0 Å². The Bertz CT molecular complexity index is 421. The van der Waals surface area contributed by atoms with Gasteiger partial charge in [-0.1, -0.05) is 29.3 Å². The molecule has 0 unspecified atom stereocenters. The zero-order chi connectivity index (χ0) is 13.7. The maximum Gasteiger partial charge on any atom is 0.241 e. The van der Waals surface area contributed by atoms with Crippen LogP contribution in [0.3, 0.4) is 0 Å². The lowest BCUT2D eigenvalue weighted by atomic mass is 10.1. The van der Waals surface area contributed by atoms with Crippen LogP contribution < -0.4 is 16.0 Å². The number of nitrogens with two attached hydrogens (primary N) is 1. The summed E-state index contributed by atoms with van der Waals surface area (Å²) in [6, 6.07) is 5.32. The van der Waals surface area contributed by atoms with E-state index < -0.39 is 6.04 Å². The zero-order valence-electron chi connectivity index (χ0n) is 11.0. The number of halogens is 1. The first-order valence-electron chi connectivity index (χ1n) is 5.99. The lowest BCUT2D eigenvalue weighted by molar-refractivity contribution is -0.117. The molecule has 0 aliphatic carbocycles. The SMILES string of the molecule is CCC[C@H](N)C(=O)Nc1cc(Br)ccc1N(C)C. The first-order valence-corrected chi connectivity index (χ1v) is 6.78. The minimum atomic E-state index is -0.455. The Balaban J connectivity index is 2.89. The van der Waals surface area contributed by atoms with Crippen molar-refractivity contribution in [3.63, 3.8) is 0 Å². The number of nitrogens with one attached hydrogen (secondary N) is 1. The normalized spacial score (nSPS) is 12.1. The molecule has 0 aliphatic rings. The van der Waals surface area contributed by atoms with Crippen LogP contribution in [-0.4, -0.2) is 26.0 Å². The van der Waals surface area contributed by atoms with E-state index in [9.17, 15) is 4.79 Å². The third kappa shape index (κ3) is 3.99. The van der Waals surface area contributed by atoms with Gasteiger partial charge in [0.15, 0.2) is 0 Å². The first kappa shape index (κ1) is 15.0. The van der Waals surface area contributed by atoms with E-state index in [1.54, 1.807) is 0 Å². The number of hydrogen-bond acceptors (Lipinski definition) is 3. The van der Waals surface area contributed by atoms with Crippen molar-refractivity contribution >= 4 is 33.2 Å². The van der Waals surface area contributed by atoms with Crippen LogP contribution in [0.1, 0.15) is 19.8 Å². The fourth-order valence-electron chi connectivity index (χ4n) is 1.67. The quantitative estimate of drug-likeness (QED) is 0.878. The summed E-state index contributed by atoms with van der Waals surface area (Å²) in [5.74, 6) is -0.141. The molecular formula is C13H20BrN3O. The Morgan fingerprint density at radius 3 is 2.72 bits per heavy atom. The molecule has 18 heavy (non-hydrogen) atoms. The van der Waals surface area contributed by atoms with Gasteiger partial charge in [0.25, 0.3) is 0 Å². The molecule has 100 valence electrons. The second-order valence-electron chi connectivity index (χ2n) is 4.44. The Labute approximate surface area is 117 Å². The van der Waals surface area contributed by atoms with Gasteiger partial charge in [-0.05, 0) is 24.6 Å². The summed E-state index contributed by atoms with van der Waals surface area (Å²) >= 11 is 3.40. The van der Waals surface area contributed by atoms with Gasteiger partial charge in [-0.3, -0.25) is 4.79 Å². The number of carbonyl (C=O) groups excluding carboxylic acids is 1. The molecule has 5 heteroatoms. The smallest absolute Gasteiger partial charge is 0.241 e. The molecule has 3 N–H and O–H groups in total. The number of carbonyl (C=O) groups is 1. The Morgan fingerprint density at radius 1 is 1.50 bits per heavy atom. The van der Waals surface area contributed by atoms with Crippen LogP contribution in [0.2, 0.25) is 0 Å². The monoisotopic (exact) mass is 313 g/mol. The van der Waals surface area contributed by atoms with Gasteiger partial charge in [-0.15, -0.1) is 0 Å². The largest absolute Gasteiger partial charge is 0.376 e. The minimum Gasteiger partial charge on any atom is -0.376 e. The second-order valence-corrected chi connectivity index (χ2v) is 5.36. The van der Waals surface area contributed by atoms with Crippen molar-refractivity contribution in [1.82, 2.24) is 0 Å². The standard InChI is InChI=1S/C13H20BrN3O/c1-4-5-10(15)13(18)16-11-8-9(14)6-7-12(11)17(2)3/h6-8,10H,4-5,15H2,1-3H3,(H,16,18)/t10-/m0/s1. The van der Waals surface area contributed by atoms with E-state index in [2.05, 4.69) is 21.2 Å². The second kappa shape index (κ2) is 6.75. The minimum absolute atomic E-state index is 0.141. The molecule has 1 aromatic rings. The van der Waals surface area contributed by atoms with E-state index in [0.717, 1.165) is 22.3 Å². The van der Waals surface area contributed by atoms with E-state index in [0.29, 0.717) is 6.42 Å². The Morgan fingerprint density at radius 2 is 2.17 bits per heavy atom. The van der Waals surface area contributed by atoms with Crippen molar-refractivity contribution in [2.75, 3.05) is 24.3 Å². The summed E-state index contributed by atoms with van der Waals surface area (Å²) in [4.78, 5) is 13.9. The van der Waals surface area contributed by atoms with Crippen LogP contribution >= 0.6 is 15.9 Å². The van der Waals surface area contributed by atoms with Crippen molar-refractivity contribution in [3.05, 3.63) is 22.7 Å². The van der Waals surface area contributed by atoms with Gasteiger partial charge in [-0.25, -0.2) is 0 Å². The highest BCUT2D eigenvalue weighted by Crippen LogP contribution is 2.28. The highest BCUT2D eigenvalue weighted by Gasteiger charge is 2.15. The van der Waals surface area contributed by atoms with Crippen LogP contribution in [0.25, 0.3) is 0 Å². The zero-order valence-corrected chi connectivity index (χ0v) is 12.6. The molecule has 0 heterocycles. The van der Waals surface area contributed by atoms with Crippen molar-refractivity contribution < 1.29 is 4.79 Å². The predicted octanol–water partition coefficient (Wildman–Crippen LogP) is 2.58. The lowest BCUT2D eigenvalue weighted by Gasteiger charge is -2.19. The average Bonchev–Trinajstić information content (AvgIpc) is 2.28. The van der Waals surface area contributed by atoms with Gasteiger partial charge in [-0.2, -0.15) is 0 Å². The molecule has 1 atom stereocenters. The predicted molar refractivity (Wildman–Crippen MR) is 80.0 cm³/mol.